The number of rotatable bonds is 2. The number of nitro benzene ring substituents is 1. The summed E-state index contributed by atoms with van der Waals surface area (Å²) >= 11 is 2.09. The minimum absolute atomic E-state index is 0.145. The summed E-state index contributed by atoms with van der Waals surface area (Å²) in [5.74, 6) is 0. The topological polar surface area (TPSA) is 43.1 Å². The Morgan fingerprint density at radius 3 is 2.82 bits per heavy atom. The van der Waals surface area contributed by atoms with E-state index in [-0.39, 0.29) is 5.69 Å². The number of hydrogen-bond acceptors (Lipinski definition) is 3. The molecule has 0 saturated heterocycles. The van der Waals surface area contributed by atoms with Gasteiger partial charge in [-0.3, -0.25) is 10.1 Å². The molecule has 3 nitrogen and oxygen atoms in total. The van der Waals surface area contributed by atoms with Crippen molar-refractivity contribution in [1.29, 1.82) is 0 Å². The monoisotopic (exact) mass is 281 g/mol. The third-order valence-corrected chi connectivity index (χ3v) is 3.08. The fourth-order valence-electron chi connectivity index (χ4n) is 0.645. The molecule has 0 unspecified atom stereocenters. The number of nitrogens with zero attached hydrogens (tertiary/aromatic N) is 1. The van der Waals surface area contributed by atoms with Crippen LogP contribution >= 0.6 is 30.1 Å². The van der Waals surface area contributed by atoms with Crippen LogP contribution in [0.4, 0.5) is 5.69 Å². The maximum atomic E-state index is 10.3. The molecule has 0 fully saturated rings. The molecule has 5 heteroatoms. The first-order chi connectivity index (χ1) is 5.24. The molecule has 0 saturated carbocycles. The molecule has 0 aliphatic heterocycles. The van der Waals surface area contributed by atoms with Gasteiger partial charge in [0.2, 0.25) is 0 Å². The third kappa shape index (κ3) is 2.33. The van der Waals surface area contributed by atoms with E-state index >= 15 is 0 Å². The van der Waals surface area contributed by atoms with Gasteiger partial charge in [-0.2, -0.15) is 0 Å². The van der Waals surface area contributed by atoms with Gasteiger partial charge >= 0.3 is 0 Å². The number of hydrogen-bond donors (Lipinski definition) is 0. The third-order valence-electron chi connectivity index (χ3n) is 1.12. The molecule has 1 aromatic rings. The summed E-state index contributed by atoms with van der Waals surface area (Å²) in [6, 6.07) is 6.55. The number of non-ortho nitro benzene ring substituents is 1. The predicted octanol–water partition coefficient (Wildman–Crippen LogP) is 3.04. The minimum Gasteiger partial charge on any atom is -0.258 e. The molecule has 0 aliphatic rings. The largest absolute Gasteiger partial charge is 0.270 e. The molecule has 0 bridgehead atoms. The highest BCUT2D eigenvalue weighted by Gasteiger charge is 2.04. The molecule has 11 heavy (non-hydrogen) atoms. The summed E-state index contributed by atoms with van der Waals surface area (Å²) < 4.78 is 0. The average molecular weight is 281 g/mol. The van der Waals surface area contributed by atoms with E-state index in [4.69, 9.17) is 0 Å². The summed E-state index contributed by atoms with van der Waals surface area (Å²) in [5, 5.41) is 10.3. The molecule has 0 radical (unpaired) electrons. The molecule has 0 amide bonds. The lowest BCUT2D eigenvalue weighted by Gasteiger charge is -1.92. The molecular weight excluding hydrogens is 277 g/mol. The highest BCUT2D eigenvalue weighted by atomic mass is 127. The molecule has 0 heterocycles. The molecule has 1 aromatic carbocycles. The van der Waals surface area contributed by atoms with Gasteiger partial charge < -0.3 is 0 Å². The Morgan fingerprint density at radius 1 is 1.55 bits per heavy atom. The van der Waals surface area contributed by atoms with Crippen LogP contribution in [0.2, 0.25) is 0 Å². The van der Waals surface area contributed by atoms with Crippen molar-refractivity contribution in [3.63, 3.8) is 0 Å². The fraction of sp³-hybridized carbons (Fsp3) is 0. The summed E-state index contributed by atoms with van der Waals surface area (Å²) in [6.07, 6.45) is 0. The van der Waals surface area contributed by atoms with Gasteiger partial charge in [-0.05, 0) is 6.07 Å². The van der Waals surface area contributed by atoms with Gasteiger partial charge in [0.05, 0.1) is 4.92 Å². The average Bonchev–Trinajstić information content (AvgIpc) is 2.05. The molecule has 1 rings (SSSR count). The zero-order chi connectivity index (χ0) is 8.27. The van der Waals surface area contributed by atoms with Crippen LogP contribution in [0.5, 0.6) is 0 Å². The van der Waals surface area contributed by atoms with Crippen molar-refractivity contribution in [2.24, 2.45) is 0 Å². The molecule has 0 N–H and O–H groups in total. The molecule has 0 aliphatic carbocycles. The smallest absolute Gasteiger partial charge is 0.258 e. The lowest BCUT2D eigenvalue weighted by atomic mass is 10.3. The fourth-order valence-corrected chi connectivity index (χ4v) is 1.76. The van der Waals surface area contributed by atoms with Crippen LogP contribution in [-0.2, 0) is 0 Å². The van der Waals surface area contributed by atoms with Crippen LogP contribution < -0.4 is 0 Å². The van der Waals surface area contributed by atoms with Crippen LogP contribution in [0.15, 0.2) is 29.2 Å². The summed E-state index contributed by atoms with van der Waals surface area (Å²) in [6.45, 7) is 0. The lowest BCUT2D eigenvalue weighted by molar-refractivity contribution is -0.385. The second kappa shape index (κ2) is 3.91. The van der Waals surface area contributed by atoms with E-state index in [1.807, 2.05) is 6.07 Å². The quantitative estimate of drug-likeness (QED) is 0.475. The maximum absolute atomic E-state index is 10.3. The van der Waals surface area contributed by atoms with Crippen LogP contribution in [0, 0.1) is 10.1 Å². The first-order valence-corrected chi connectivity index (χ1v) is 6.13. The van der Waals surface area contributed by atoms with E-state index in [9.17, 15) is 10.1 Å². The van der Waals surface area contributed by atoms with Crippen molar-refractivity contribution in [3.8, 4) is 0 Å². The van der Waals surface area contributed by atoms with E-state index in [0.29, 0.717) is 0 Å². The van der Waals surface area contributed by atoms with Gasteiger partial charge in [-0.15, -0.1) is 0 Å². The standard InChI is InChI=1S/C6H4INO2S/c7-11-6-3-1-2-5(4-6)8(9)10/h1-4H. The molecule has 0 atom stereocenters. The Kier molecular flexibility index (Phi) is 3.13. The first kappa shape index (κ1) is 8.79. The van der Waals surface area contributed by atoms with Crippen molar-refractivity contribution >= 4 is 35.8 Å². The van der Waals surface area contributed by atoms with Gasteiger partial charge in [-0.1, -0.05) is 15.0 Å². The minimum atomic E-state index is -0.392. The number of benzene rings is 1. The van der Waals surface area contributed by atoms with Gasteiger partial charge in [0.15, 0.2) is 0 Å². The second-order valence-electron chi connectivity index (χ2n) is 1.83. The molecule has 58 valence electrons. The van der Waals surface area contributed by atoms with Crippen LogP contribution in [0.3, 0.4) is 0 Å². The van der Waals surface area contributed by atoms with Gasteiger partial charge in [-0.25, -0.2) is 0 Å². The van der Waals surface area contributed by atoms with Gasteiger partial charge in [0, 0.05) is 38.2 Å². The van der Waals surface area contributed by atoms with Crippen molar-refractivity contribution < 1.29 is 4.92 Å². The molecule has 0 aromatic heterocycles. The Bertz CT molecular complexity index is 279. The van der Waals surface area contributed by atoms with E-state index in [0.717, 1.165) is 4.90 Å². The Balaban J connectivity index is 3.01. The van der Waals surface area contributed by atoms with E-state index in [2.05, 4.69) is 21.2 Å². The Labute approximate surface area is 79.9 Å². The highest BCUT2D eigenvalue weighted by molar-refractivity contribution is 14.2. The zero-order valence-corrected chi connectivity index (χ0v) is 8.33. The zero-order valence-electron chi connectivity index (χ0n) is 5.36. The van der Waals surface area contributed by atoms with E-state index in [1.54, 1.807) is 12.1 Å². The van der Waals surface area contributed by atoms with Crippen molar-refractivity contribution in [1.82, 2.24) is 0 Å². The van der Waals surface area contributed by atoms with E-state index in [1.165, 1.54) is 15.0 Å². The van der Waals surface area contributed by atoms with Crippen molar-refractivity contribution in [2.45, 2.75) is 4.90 Å². The maximum Gasteiger partial charge on any atom is 0.270 e. The Morgan fingerprint density at radius 2 is 2.27 bits per heavy atom. The molecular formula is C6H4INO2S. The van der Waals surface area contributed by atoms with Crippen molar-refractivity contribution in [3.05, 3.63) is 34.4 Å². The highest BCUT2D eigenvalue weighted by Crippen LogP contribution is 2.27. The number of nitro groups is 1. The lowest BCUT2D eigenvalue weighted by Crippen LogP contribution is -1.86. The van der Waals surface area contributed by atoms with Crippen LogP contribution in [0.1, 0.15) is 0 Å². The SMILES string of the molecule is O=[N+]([O-])c1cccc(SI)c1. The second-order valence-corrected chi connectivity index (χ2v) is 3.78. The first-order valence-electron chi connectivity index (χ1n) is 2.77. The summed E-state index contributed by atoms with van der Waals surface area (Å²) in [5.41, 5.74) is 0.145. The summed E-state index contributed by atoms with van der Waals surface area (Å²) in [4.78, 5) is 10.8. The molecule has 0 spiro atoms. The summed E-state index contributed by atoms with van der Waals surface area (Å²) in [7, 11) is 1.47. The van der Waals surface area contributed by atoms with Gasteiger partial charge in [0.25, 0.3) is 5.69 Å². The number of halogens is 1. The normalized spacial score (nSPS) is 9.55. The van der Waals surface area contributed by atoms with Crippen LogP contribution in [0.25, 0.3) is 0 Å². The van der Waals surface area contributed by atoms with Gasteiger partial charge in [0.1, 0.15) is 0 Å². The van der Waals surface area contributed by atoms with Crippen molar-refractivity contribution in [2.75, 3.05) is 0 Å². The van der Waals surface area contributed by atoms with Crippen LogP contribution in [-0.4, -0.2) is 4.92 Å². The Hall–Kier alpha value is -0.300. The van der Waals surface area contributed by atoms with E-state index < -0.39 is 4.92 Å². The predicted molar refractivity (Wildman–Crippen MR) is 53.0 cm³/mol.